The van der Waals surface area contributed by atoms with E-state index in [-0.39, 0.29) is 5.91 Å². The van der Waals surface area contributed by atoms with Gasteiger partial charge in [0.2, 0.25) is 5.89 Å². The second-order valence-corrected chi connectivity index (χ2v) is 5.84. The molecule has 0 saturated heterocycles. The first-order valence-electron chi connectivity index (χ1n) is 7.82. The Morgan fingerprint density at radius 2 is 2.05 bits per heavy atom. The summed E-state index contributed by atoms with van der Waals surface area (Å²) in [6, 6.07) is 7.31. The van der Waals surface area contributed by atoms with Crippen molar-refractivity contribution in [2.75, 3.05) is 12.3 Å². The molecule has 0 atom stereocenters. The molecule has 116 valence electrons. The predicted molar refractivity (Wildman–Crippen MR) is 85.3 cm³/mol. The van der Waals surface area contributed by atoms with Crippen molar-refractivity contribution in [2.45, 2.75) is 32.1 Å². The number of amides is 1. The number of hydrogen-bond donors (Lipinski definition) is 2. The molecule has 5 heteroatoms. The molecule has 1 fully saturated rings. The quantitative estimate of drug-likeness (QED) is 0.849. The van der Waals surface area contributed by atoms with E-state index < -0.39 is 0 Å². The zero-order valence-corrected chi connectivity index (χ0v) is 12.5. The fraction of sp³-hybridized carbons (Fsp3) is 0.412. The Morgan fingerprint density at radius 1 is 1.27 bits per heavy atom. The van der Waals surface area contributed by atoms with Gasteiger partial charge in [0.25, 0.3) is 5.91 Å². The van der Waals surface area contributed by atoms with Crippen molar-refractivity contribution in [1.29, 1.82) is 0 Å². The number of hydrogen-bond acceptors (Lipinski definition) is 4. The van der Waals surface area contributed by atoms with E-state index in [1.807, 2.05) is 18.2 Å². The Morgan fingerprint density at radius 3 is 2.82 bits per heavy atom. The third kappa shape index (κ3) is 3.30. The van der Waals surface area contributed by atoms with Crippen LogP contribution in [0.15, 0.2) is 34.9 Å². The van der Waals surface area contributed by atoms with Gasteiger partial charge in [0, 0.05) is 12.2 Å². The minimum absolute atomic E-state index is 0.185. The van der Waals surface area contributed by atoms with Crippen LogP contribution < -0.4 is 11.1 Å². The molecule has 3 N–H and O–H groups in total. The Kier molecular flexibility index (Phi) is 4.42. The number of carbonyl (C=O) groups is 1. The van der Waals surface area contributed by atoms with E-state index >= 15 is 0 Å². The molecule has 22 heavy (non-hydrogen) atoms. The number of oxazole rings is 1. The summed E-state index contributed by atoms with van der Waals surface area (Å²) in [7, 11) is 0. The molecule has 0 spiro atoms. The van der Waals surface area contributed by atoms with E-state index in [1.54, 1.807) is 6.07 Å². The molecule has 1 amide bonds. The van der Waals surface area contributed by atoms with Crippen molar-refractivity contribution in [3.63, 3.8) is 0 Å². The van der Waals surface area contributed by atoms with Crippen molar-refractivity contribution < 1.29 is 9.21 Å². The van der Waals surface area contributed by atoms with Crippen molar-refractivity contribution >= 4 is 11.6 Å². The average Bonchev–Trinajstić information content (AvgIpc) is 3.04. The van der Waals surface area contributed by atoms with Gasteiger partial charge in [-0.1, -0.05) is 31.4 Å². The summed E-state index contributed by atoms with van der Waals surface area (Å²) in [6.07, 6.45) is 7.63. The molecule has 0 bridgehead atoms. The van der Waals surface area contributed by atoms with Crippen LogP contribution in [0.3, 0.4) is 0 Å². The number of para-hydroxylation sites is 1. The molecule has 1 aliphatic rings. The van der Waals surface area contributed by atoms with Crippen LogP contribution in [0.4, 0.5) is 5.69 Å². The number of nitrogens with one attached hydrogen (secondary N) is 1. The molecule has 1 aromatic heterocycles. The third-order valence-corrected chi connectivity index (χ3v) is 4.20. The summed E-state index contributed by atoms with van der Waals surface area (Å²) in [5, 5.41) is 2.96. The number of nitrogens with zero attached hydrogens (tertiary/aromatic N) is 1. The second kappa shape index (κ2) is 6.64. The Bertz CT molecular complexity index is 645. The average molecular weight is 299 g/mol. The van der Waals surface area contributed by atoms with Crippen LogP contribution in [0.2, 0.25) is 0 Å². The number of rotatable bonds is 4. The highest BCUT2D eigenvalue weighted by molar-refractivity contribution is 5.92. The molecule has 0 unspecified atom stereocenters. The molecular weight excluding hydrogens is 278 g/mol. The van der Waals surface area contributed by atoms with Crippen molar-refractivity contribution in [3.05, 3.63) is 36.2 Å². The van der Waals surface area contributed by atoms with Crippen LogP contribution in [-0.2, 0) is 0 Å². The van der Waals surface area contributed by atoms with Gasteiger partial charge in [-0.05, 0) is 30.9 Å². The van der Waals surface area contributed by atoms with Crippen LogP contribution in [0.1, 0.15) is 42.6 Å². The summed E-state index contributed by atoms with van der Waals surface area (Å²) in [5.41, 5.74) is 7.48. The number of nitrogens with two attached hydrogens (primary N) is 1. The smallest absolute Gasteiger partial charge is 0.273 e. The van der Waals surface area contributed by atoms with Crippen LogP contribution in [0, 0.1) is 5.92 Å². The zero-order valence-electron chi connectivity index (χ0n) is 12.5. The predicted octanol–water partition coefficient (Wildman–Crippen LogP) is 3.23. The van der Waals surface area contributed by atoms with Gasteiger partial charge in [-0.15, -0.1) is 0 Å². The van der Waals surface area contributed by atoms with E-state index in [1.165, 1.54) is 38.4 Å². The number of carbonyl (C=O) groups excluding carboxylic acids is 1. The lowest BCUT2D eigenvalue weighted by atomic mass is 9.89. The van der Waals surface area contributed by atoms with Gasteiger partial charge < -0.3 is 15.5 Å². The van der Waals surface area contributed by atoms with Crippen LogP contribution in [-0.4, -0.2) is 17.4 Å². The van der Waals surface area contributed by atoms with E-state index in [0.29, 0.717) is 35.3 Å². The standard InChI is InChI=1S/C17H21N3O2/c18-14-9-5-4-8-13(14)17-20-15(11-22-17)16(21)19-10-12-6-2-1-3-7-12/h4-5,8-9,11-12H,1-3,6-7,10,18H2,(H,19,21). The summed E-state index contributed by atoms with van der Waals surface area (Å²) < 4.78 is 5.39. The normalized spacial score (nSPS) is 15.6. The minimum Gasteiger partial charge on any atom is -0.444 e. The van der Waals surface area contributed by atoms with Crippen molar-refractivity contribution in [2.24, 2.45) is 5.92 Å². The minimum atomic E-state index is -0.185. The van der Waals surface area contributed by atoms with Gasteiger partial charge in [-0.3, -0.25) is 4.79 Å². The molecular formula is C17H21N3O2. The number of benzene rings is 1. The summed E-state index contributed by atoms with van der Waals surface area (Å²) in [6.45, 7) is 0.717. The monoisotopic (exact) mass is 299 g/mol. The highest BCUT2D eigenvalue weighted by Gasteiger charge is 2.17. The number of nitrogen functional groups attached to an aromatic ring is 1. The lowest BCUT2D eigenvalue weighted by Gasteiger charge is -2.21. The lowest BCUT2D eigenvalue weighted by Crippen LogP contribution is -2.30. The zero-order chi connectivity index (χ0) is 15.4. The molecule has 0 aliphatic heterocycles. The highest BCUT2D eigenvalue weighted by atomic mass is 16.3. The van der Waals surface area contributed by atoms with Crippen LogP contribution in [0.5, 0.6) is 0 Å². The molecule has 5 nitrogen and oxygen atoms in total. The Labute approximate surface area is 129 Å². The van der Waals surface area contributed by atoms with Gasteiger partial charge >= 0.3 is 0 Å². The first kappa shape index (κ1) is 14.6. The van der Waals surface area contributed by atoms with Crippen LogP contribution in [0.25, 0.3) is 11.5 Å². The molecule has 1 saturated carbocycles. The molecule has 2 aromatic rings. The van der Waals surface area contributed by atoms with E-state index in [4.69, 9.17) is 10.2 Å². The van der Waals surface area contributed by atoms with E-state index in [0.717, 1.165) is 0 Å². The van der Waals surface area contributed by atoms with E-state index in [9.17, 15) is 4.79 Å². The summed E-state index contributed by atoms with van der Waals surface area (Å²) >= 11 is 0. The molecule has 3 rings (SSSR count). The highest BCUT2D eigenvalue weighted by Crippen LogP contribution is 2.25. The maximum atomic E-state index is 12.2. The van der Waals surface area contributed by atoms with Gasteiger partial charge in [0.05, 0.1) is 5.56 Å². The topological polar surface area (TPSA) is 81.1 Å². The summed E-state index contributed by atoms with van der Waals surface area (Å²) in [4.78, 5) is 16.4. The first-order chi connectivity index (χ1) is 10.7. The lowest BCUT2D eigenvalue weighted by molar-refractivity contribution is 0.0938. The van der Waals surface area contributed by atoms with E-state index in [2.05, 4.69) is 10.3 Å². The van der Waals surface area contributed by atoms with Crippen molar-refractivity contribution in [3.8, 4) is 11.5 Å². The fourth-order valence-electron chi connectivity index (χ4n) is 2.91. The Balaban J connectivity index is 1.63. The summed E-state index contributed by atoms with van der Waals surface area (Å²) in [5.74, 6) is 0.782. The molecule has 1 heterocycles. The second-order valence-electron chi connectivity index (χ2n) is 5.84. The first-order valence-corrected chi connectivity index (χ1v) is 7.82. The Hall–Kier alpha value is -2.30. The molecule has 1 aromatic carbocycles. The number of aromatic nitrogens is 1. The van der Waals surface area contributed by atoms with Gasteiger partial charge in [-0.2, -0.15) is 0 Å². The molecule has 0 radical (unpaired) electrons. The maximum Gasteiger partial charge on any atom is 0.273 e. The number of anilines is 1. The maximum absolute atomic E-state index is 12.2. The van der Waals surface area contributed by atoms with Crippen molar-refractivity contribution in [1.82, 2.24) is 10.3 Å². The molecule has 1 aliphatic carbocycles. The van der Waals surface area contributed by atoms with Gasteiger partial charge in [-0.25, -0.2) is 4.98 Å². The van der Waals surface area contributed by atoms with Gasteiger partial charge in [0.1, 0.15) is 6.26 Å². The van der Waals surface area contributed by atoms with Gasteiger partial charge in [0.15, 0.2) is 5.69 Å². The van der Waals surface area contributed by atoms with Crippen LogP contribution >= 0.6 is 0 Å². The SMILES string of the molecule is Nc1ccccc1-c1nc(C(=O)NCC2CCCCC2)co1. The third-order valence-electron chi connectivity index (χ3n) is 4.20. The largest absolute Gasteiger partial charge is 0.444 e. The fourth-order valence-corrected chi connectivity index (χ4v) is 2.91.